The van der Waals surface area contributed by atoms with Gasteiger partial charge in [0.2, 0.25) is 15.9 Å². The number of amides is 1. The van der Waals surface area contributed by atoms with Crippen LogP contribution >= 0.6 is 0 Å². The lowest BCUT2D eigenvalue weighted by atomic mass is 10.2. The third kappa shape index (κ3) is 2.49. The molecule has 0 aromatic heterocycles. The van der Waals surface area contributed by atoms with Gasteiger partial charge in [-0.15, -0.1) is 0 Å². The lowest BCUT2D eigenvalue weighted by Crippen LogP contribution is -2.41. The van der Waals surface area contributed by atoms with E-state index in [4.69, 9.17) is 0 Å². The van der Waals surface area contributed by atoms with E-state index in [0.29, 0.717) is 5.56 Å². The molecule has 1 aliphatic heterocycles. The SMILES string of the molecule is CC(C)NC(=O)CN1[C@@H](O)c2ccccc2S1(=O)=O. The third-order valence-electron chi connectivity index (χ3n) is 2.81. The van der Waals surface area contributed by atoms with Crippen LogP contribution < -0.4 is 5.32 Å². The Morgan fingerprint density at radius 2 is 2.05 bits per heavy atom. The Bertz CT molecular complexity index is 598. The Kier molecular flexibility index (Phi) is 3.62. The van der Waals surface area contributed by atoms with Crippen LogP contribution in [0.3, 0.4) is 0 Å². The molecule has 0 unspecified atom stereocenters. The van der Waals surface area contributed by atoms with Gasteiger partial charge in [0, 0.05) is 11.6 Å². The average Bonchev–Trinajstić information content (AvgIpc) is 2.51. The first-order valence-electron chi connectivity index (χ1n) is 5.92. The quantitative estimate of drug-likeness (QED) is 0.830. The second-order valence-electron chi connectivity index (χ2n) is 4.68. The molecule has 1 heterocycles. The van der Waals surface area contributed by atoms with Crippen LogP contribution in [0.4, 0.5) is 0 Å². The fourth-order valence-corrected chi connectivity index (χ4v) is 3.66. The van der Waals surface area contributed by atoms with Gasteiger partial charge in [0.05, 0.1) is 11.4 Å². The molecule has 1 aromatic carbocycles. The molecule has 1 aromatic rings. The normalized spacial score (nSPS) is 21.4. The largest absolute Gasteiger partial charge is 0.373 e. The molecule has 19 heavy (non-hydrogen) atoms. The fourth-order valence-electron chi connectivity index (χ4n) is 2.02. The molecule has 0 saturated carbocycles. The van der Waals surface area contributed by atoms with Crippen LogP contribution in [-0.2, 0) is 14.8 Å². The molecule has 0 fully saturated rings. The van der Waals surface area contributed by atoms with Gasteiger partial charge in [-0.3, -0.25) is 4.79 Å². The molecule has 2 N–H and O–H groups in total. The maximum atomic E-state index is 12.2. The number of rotatable bonds is 3. The van der Waals surface area contributed by atoms with Crippen molar-refractivity contribution in [1.29, 1.82) is 0 Å². The molecule has 1 aliphatic rings. The van der Waals surface area contributed by atoms with Gasteiger partial charge in [0.1, 0.15) is 6.23 Å². The van der Waals surface area contributed by atoms with Crippen molar-refractivity contribution in [3.05, 3.63) is 29.8 Å². The minimum Gasteiger partial charge on any atom is -0.373 e. The number of aliphatic hydroxyl groups is 1. The number of nitrogens with zero attached hydrogens (tertiary/aromatic N) is 1. The highest BCUT2D eigenvalue weighted by Gasteiger charge is 2.42. The average molecular weight is 284 g/mol. The summed E-state index contributed by atoms with van der Waals surface area (Å²) in [5, 5.41) is 12.6. The van der Waals surface area contributed by atoms with Gasteiger partial charge in [0.25, 0.3) is 0 Å². The van der Waals surface area contributed by atoms with Crippen molar-refractivity contribution in [1.82, 2.24) is 9.62 Å². The van der Waals surface area contributed by atoms with E-state index in [0.717, 1.165) is 4.31 Å². The van der Waals surface area contributed by atoms with Crippen LogP contribution in [0.1, 0.15) is 25.6 Å². The van der Waals surface area contributed by atoms with Crippen LogP contribution in [0.25, 0.3) is 0 Å². The second-order valence-corrected chi connectivity index (χ2v) is 6.54. The van der Waals surface area contributed by atoms with E-state index >= 15 is 0 Å². The standard InChI is InChI=1S/C12H16N2O4S/c1-8(2)13-11(15)7-14-12(16)9-5-3-4-6-10(9)19(14,17)18/h3-6,8,12,16H,7H2,1-2H3,(H,13,15)/t12-/m0/s1. The number of carbonyl (C=O) groups excluding carboxylic acids is 1. The third-order valence-corrected chi connectivity index (χ3v) is 4.68. The summed E-state index contributed by atoms with van der Waals surface area (Å²) in [6, 6.07) is 6.11. The summed E-state index contributed by atoms with van der Waals surface area (Å²) in [6.07, 6.45) is -1.31. The second kappa shape index (κ2) is 4.92. The number of nitrogens with one attached hydrogen (secondary N) is 1. The molecular weight excluding hydrogens is 268 g/mol. The minimum absolute atomic E-state index is 0.0554. The monoisotopic (exact) mass is 284 g/mol. The molecule has 0 bridgehead atoms. The minimum atomic E-state index is -3.80. The summed E-state index contributed by atoms with van der Waals surface area (Å²) in [4.78, 5) is 11.7. The molecule has 104 valence electrons. The molecule has 6 nitrogen and oxygen atoms in total. The predicted molar refractivity (Wildman–Crippen MR) is 68.6 cm³/mol. The number of aliphatic hydroxyl groups excluding tert-OH is 1. The van der Waals surface area contributed by atoms with Gasteiger partial charge in [-0.2, -0.15) is 4.31 Å². The first-order valence-corrected chi connectivity index (χ1v) is 7.36. The van der Waals surface area contributed by atoms with E-state index in [1.54, 1.807) is 26.0 Å². The van der Waals surface area contributed by atoms with Gasteiger partial charge in [-0.1, -0.05) is 18.2 Å². The van der Waals surface area contributed by atoms with E-state index < -0.39 is 28.7 Å². The summed E-state index contributed by atoms with van der Waals surface area (Å²) >= 11 is 0. The number of carbonyl (C=O) groups is 1. The van der Waals surface area contributed by atoms with E-state index in [1.807, 2.05) is 0 Å². The molecule has 0 spiro atoms. The lowest BCUT2D eigenvalue weighted by molar-refractivity contribution is -0.123. The Hall–Kier alpha value is -1.44. The molecular formula is C12H16N2O4S. The van der Waals surface area contributed by atoms with Gasteiger partial charge in [-0.05, 0) is 19.9 Å². The van der Waals surface area contributed by atoms with Crippen LogP contribution in [0.2, 0.25) is 0 Å². The van der Waals surface area contributed by atoms with Crippen molar-refractivity contribution in [2.24, 2.45) is 0 Å². The Balaban J connectivity index is 2.28. The Labute approximate surface area is 112 Å². The number of benzene rings is 1. The van der Waals surface area contributed by atoms with Crippen molar-refractivity contribution in [2.45, 2.75) is 31.0 Å². The highest BCUT2D eigenvalue weighted by Crippen LogP contribution is 2.37. The van der Waals surface area contributed by atoms with Crippen molar-refractivity contribution in [3.63, 3.8) is 0 Å². The van der Waals surface area contributed by atoms with Crippen LogP contribution in [0, 0.1) is 0 Å². The van der Waals surface area contributed by atoms with Crippen molar-refractivity contribution in [3.8, 4) is 0 Å². The van der Waals surface area contributed by atoms with Crippen molar-refractivity contribution >= 4 is 15.9 Å². The predicted octanol–water partition coefficient (Wildman–Crippen LogP) is 0.206. The Morgan fingerprint density at radius 1 is 1.42 bits per heavy atom. The molecule has 7 heteroatoms. The highest BCUT2D eigenvalue weighted by atomic mass is 32.2. The van der Waals surface area contributed by atoms with Crippen molar-refractivity contribution < 1.29 is 18.3 Å². The molecule has 0 aliphatic carbocycles. The van der Waals surface area contributed by atoms with E-state index in [1.165, 1.54) is 12.1 Å². The van der Waals surface area contributed by atoms with E-state index in [9.17, 15) is 18.3 Å². The van der Waals surface area contributed by atoms with Crippen LogP contribution in [0.15, 0.2) is 29.2 Å². The highest BCUT2D eigenvalue weighted by molar-refractivity contribution is 7.89. The van der Waals surface area contributed by atoms with Gasteiger partial charge >= 0.3 is 0 Å². The fraction of sp³-hybridized carbons (Fsp3) is 0.417. The van der Waals surface area contributed by atoms with Gasteiger partial charge < -0.3 is 10.4 Å². The summed E-state index contributed by atoms with van der Waals surface area (Å²) in [6.45, 7) is 3.17. The van der Waals surface area contributed by atoms with E-state index in [2.05, 4.69) is 5.32 Å². The van der Waals surface area contributed by atoms with Gasteiger partial charge in [-0.25, -0.2) is 8.42 Å². The molecule has 0 saturated heterocycles. The van der Waals surface area contributed by atoms with E-state index in [-0.39, 0.29) is 10.9 Å². The lowest BCUT2D eigenvalue weighted by Gasteiger charge is -2.19. The zero-order valence-corrected chi connectivity index (χ0v) is 11.5. The summed E-state index contributed by atoms with van der Waals surface area (Å²) in [5.74, 6) is -0.439. The Morgan fingerprint density at radius 3 is 2.63 bits per heavy atom. The first kappa shape index (κ1) is 14.0. The number of fused-ring (bicyclic) bond motifs is 1. The maximum Gasteiger partial charge on any atom is 0.246 e. The first-order chi connectivity index (χ1) is 8.84. The number of sulfonamides is 1. The summed E-state index contributed by atoms with van der Waals surface area (Å²) in [7, 11) is -3.80. The van der Waals surface area contributed by atoms with Crippen LogP contribution in [0.5, 0.6) is 0 Å². The number of hydrogen-bond acceptors (Lipinski definition) is 4. The topological polar surface area (TPSA) is 86.7 Å². The smallest absolute Gasteiger partial charge is 0.246 e. The molecule has 1 amide bonds. The number of hydrogen-bond donors (Lipinski definition) is 2. The molecule has 2 rings (SSSR count). The maximum absolute atomic E-state index is 12.2. The zero-order valence-electron chi connectivity index (χ0n) is 10.7. The molecule has 0 radical (unpaired) electrons. The van der Waals surface area contributed by atoms with Gasteiger partial charge in [0.15, 0.2) is 0 Å². The van der Waals surface area contributed by atoms with Crippen LogP contribution in [-0.4, -0.2) is 36.3 Å². The zero-order chi connectivity index (χ0) is 14.2. The molecule has 1 atom stereocenters. The summed E-state index contributed by atoms with van der Waals surface area (Å²) in [5.41, 5.74) is 0.305. The van der Waals surface area contributed by atoms with Crippen molar-refractivity contribution in [2.75, 3.05) is 6.54 Å². The summed E-state index contributed by atoms with van der Waals surface area (Å²) < 4.78 is 25.2.